The maximum atomic E-state index is 12.9. The first-order valence-corrected chi connectivity index (χ1v) is 10.5. The fraction of sp³-hybridized carbons (Fsp3) is 0.130. The number of benzene rings is 2. The normalized spacial score (nSPS) is 12.1. The second kappa shape index (κ2) is 8.98. The lowest BCUT2D eigenvalue weighted by Crippen LogP contribution is -2.10. The summed E-state index contributed by atoms with van der Waals surface area (Å²) in [5, 5.41) is 2.71. The van der Waals surface area contributed by atoms with Crippen molar-refractivity contribution in [3.8, 4) is 11.3 Å². The molecule has 4 nitrogen and oxygen atoms in total. The summed E-state index contributed by atoms with van der Waals surface area (Å²) in [6.45, 7) is 0. The molecule has 2 aromatic heterocycles. The zero-order valence-corrected chi connectivity index (χ0v) is 17.8. The molecule has 0 saturated heterocycles. The molecule has 34 heavy (non-hydrogen) atoms. The lowest BCUT2D eigenvalue weighted by molar-refractivity contribution is -0.138. The van der Waals surface area contributed by atoms with Gasteiger partial charge in [0.1, 0.15) is 5.76 Å². The quantitative estimate of drug-likeness (QED) is 0.295. The summed E-state index contributed by atoms with van der Waals surface area (Å²) < 4.78 is 82.8. The van der Waals surface area contributed by atoms with Crippen LogP contribution in [0.4, 0.5) is 31.5 Å². The average Bonchev–Trinajstić information content (AvgIpc) is 3.43. The molecule has 1 amide bonds. The van der Waals surface area contributed by atoms with Gasteiger partial charge in [-0.05, 0) is 35.9 Å². The minimum atomic E-state index is -4.51. The average molecular weight is 496 g/mol. The Kier molecular flexibility index (Phi) is 6.22. The monoisotopic (exact) mass is 496 g/mol. The number of rotatable bonds is 5. The van der Waals surface area contributed by atoms with Crippen molar-refractivity contribution in [2.45, 2.75) is 18.8 Å². The number of aromatic nitrogens is 1. The van der Waals surface area contributed by atoms with E-state index < -0.39 is 29.4 Å². The Bertz CT molecular complexity index is 1320. The smallest absolute Gasteiger partial charge is 0.416 e. The van der Waals surface area contributed by atoms with E-state index in [0.717, 1.165) is 35.6 Å². The van der Waals surface area contributed by atoms with E-state index in [4.69, 9.17) is 4.42 Å². The second-order valence-corrected chi connectivity index (χ2v) is 8.32. The van der Waals surface area contributed by atoms with Gasteiger partial charge in [-0.1, -0.05) is 30.3 Å². The summed E-state index contributed by atoms with van der Waals surface area (Å²) >= 11 is 1.08. The third kappa shape index (κ3) is 5.48. The number of hydrogen-bond donors (Lipinski definition) is 1. The van der Waals surface area contributed by atoms with Crippen molar-refractivity contribution in [1.29, 1.82) is 0 Å². The van der Waals surface area contributed by atoms with Crippen molar-refractivity contribution in [2.24, 2.45) is 0 Å². The van der Waals surface area contributed by atoms with Crippen LogP contribution in [0.1, 0.15) is 32.1 Å². The number of furan rings is 1. The number of thiazole rings is 1. The third-order valence-electron chi connectivity index (χ3n) is 4.71. The molecule has 0 unspecified atom stereocenters. The number of carbonyl (C=O) groups is 1. The highest BCUT2D eigenvalue weighted by atomic mass is 32.1. The Hall–Kier alpha value is -3.60. The number of nitrogens with one attached hydrogen (secondary N) is 1. The van der Waals surface area contributed by atoms with Crippen LogP contribution in [0.2, 0.25) is 0 Å². The summed E-state index contributed by atoms with van der Waals surface area (Å²) in [6.07, 6.45) is -7.33. The number of hydrogen-bond acceptors (Lipinski definition) is 4. The topological polar surface area (TPSA) is 55.1 Å². The van der Waals surface area contributed by atoms with Gasteiger partial charge < -0.3 is 4.42 Å². The molecule has 0 aliphatic heterocycles. The summed E-state index contributed by atoms with van der Waals surface area (Å²) in [5.74, 6) is -0.721. The molecule has 0 atom stereocenters. The fourth-order valence-corrected chi connectivity index (χ4v) is 3.97. The molecule has 1 N–H and O–H groups in total. The van der Waals surface area contributed by atoms with E-state index >= 15 is 0 Å². The van der Waals surface area contributed by atoms with Crippen LogP contribution < -0.4 is 5.32 Å². The lowest BCUT2D eigenvalue weighted by Gasteiger charge is -2.07. The molecule has 176 valence electrons. The van der Waals surface area contributed by atoms with Crippen molar-refractivity contribution in [1.82, 2.24) is 4.98 Å². The first-order chi connectivity index (χ1) is 16.0. The Labute approximate surface area is 192 Å². The van der Waals surface area contributed by atoms with E-state index in [9.17, 15) is 31.1 Å². The molecule has 11 heteroatoms. The van der Waals surface area contributed by atoms with Crippen LogP contribution in [0.3, 0.4) is 0 Å². The van der Waals surface area contributed by atoms with E-state index in [0.29, 0.717) is 10.4 Å². The summed E-state index contributed by atoms with van der Waals surface area (Å²) in [4.78, 5) is 17.1. The minimum Gasteiger partial charge on any atom is -0.451 e. The molecule has 4 aromatic rings. The van der Waals surface area contributed by atoms with Gasteiger partial charge in [-0.15, -0.1) is 11.3 Å². The van der Waals surface area contributed by atoms with Crippen molar-refractivity contribution in [3.05, 3.63) is 94.2 Å². The Morgan fingerprint density at radius 1 is 0.912 bits per heavy atom. The first kappa shape index (κ1) is 23.6. The SMILES string of the molecule is O=C(Nc1ncc(Cc2cccc(C(F)(F)F)c2)s1)c1ccc(-c2cccc(C(F)(F)F)c2)o1. The third-order valence-corrected chi connectivity index (χ3v) is 5.62. The largest absolute Gasteiger partial charge is 0.451 e. The molecule has 0 aliphatic carbocycles. The number of amides is 1. The van der Waals surface area contributed by atoms with Crippen LogP contribution in [-0.2, 0) is 18.8 Å². The lowest BCUT2D eigenvalue weighted by atomic mass is 10.1. The van der Waals surface area contributed by atoms with E-state index in [1.807, 2.05) is 0 Å². The molecular weight excluding hydrogens is 482 g/mol. The molecule has 2 heterocycles. The Morgan fingerprint density at radius 3 is 2.29 bits per heavy atom. The van der Waals surface area contributed by atoms with Gasteiger partial charge >= 0.3 is 12.4 Å². The molecule has 0 bridgehead atoms. The zero-order chi connectivity index (χ0) is 24.5. The number of nitrogens with zero attached hydrogens (tertiary/aromatic N) is 1. The highest BCUT2D eigenvalue weighted by Gasteiger charge is 2.31. The maximum Gasteiger partial charge on any atom is 0.416 e. The molecule has 2 aromatic carbocycles. The second-order valence-electron chi connectivity index (χ2n) is 7.20. The predicted molar refractivity (Wildman–Crippen MR) is 113 cm³/mol. The number of anilines is 1. The van der Waals surface area contributed by atoms with Crippen LogP contribution in [0.15, 0.2) is 71.3 Å². The van der Waals surface area contributed by atoms with Crippen LogP contribution in [0, 0.1) is 0 Å². The van der Waals surface area contributed by atoms with Crippen molar-refractivity contribution >= 4 is 22.4 Å². The van der Waals surface area contributed by atoms with Gasteiger partial charge in [-0.3, -0.25) is 10.1 Å². The number of alkyl halides is 6. The molecule has 0 radical (unpaired) electrons. The zero-order valence-electron chi connectivity index (χ0n) is 17.0. The van der Waals surface area contributed by atoms with E-state index in [2.05, 4.69) is 10.3 Å². The molecule has 0 saturated carbocycles. The van der Waals surface area contributed by atoms with Crippen molar-refractivity contribution < 1.29 is 35.6 Å². The highest BCUT2D eigenvalue weighted by molar-refractivity contribution is 7.15. The molecular formula is C23H14F6N2O2S. The van der Waals surface area contributed by atoms with Crippen molar-refractivity contribution in [2.75, 3.05) is 5.32 Å². The first-order valence-electron chi connectivity index (χ1n) is 9.69. The van der Waals surface area contributed by atoms with Gasteiger partial charge in [-0.2, -0.15) is 26.3 Å². The van der Waals surface area contributed by atoms with E-state index in [1.54, 1.807) is 6.07 Å². The Morgan fingerprint density at radius 2 is 1.59 bits per heavy atom. The van der Waals surface area contributed by atoms with Crippen LogP contribution in [-0.4, -0.2) is 10.9 Å². The van der Waals surface area contributed by atoms with Crippen LogP contribution in [0.25, 0.3) is 11.3 Å². The van der Waals surface area contributed by atoms with Gasteiger partial charge in [0.2, 0.25) is 0 Å². The predicted octanol–water partition coefficient (Wildman–Crippen LogP) is 7.28. The van der Waals surface area contributed by atoms with Crippen LogP contribution in [0.5, 0.6) is 0 Å². The summed E-state index contributed by atoms with van der Waals surface area (Å²) in [7, 11) is 0. The number of halogens is 6. The minimum absolute atomic E-state index is 0.0839. The van der Waals surface area contributed by atoms with E-state index in [-0.39, 0.29) is 28.6 Å². The Balaban J connectivity index is 1.44. The van der Waals surface area contributed by atoms with Gasteiger partial charge in [0, 0.05) is 23.1 Å². The molecule has 0 fully saturated rings. The standard InChI is InChI=1S/C23H14F6N2O2S/c24-22(25,26)15-5-1-3-13(9-15)10-17-12-30-21(34-17)31-20(32)19-8-7-18(33-19)14-4-2-6-16(11-14)23(27,28)29/h1-9,11-12H,10H2,(H,30,31,32). The van der Waals surface area contributed by atoms with Crippen molar-refractivity contribution in [3.63, 3.8) is 0 Å². The highest BCUT2D eigenvalue weighted by Crippen LogP contribution is 2.33. The van der Waals surface area contributed by atoms with E-state index in [1.165, 1.54) is 36.5 Å². The number of carbonyl (C=O) groups excluding carboxylic acids is 1. The molecule has 0 spiro atoms. The summed E-state index contributed by atoms with van der Waals surface area (Å²) in [5.41, 5.74) is -1.000. The van der Waals surface area contributed by atoms with Gasteiger partial charge in [0.15, 0.2) is 10.9 Å². The fourth-order valence-electron chi connectivity index (χ4n) is 3.13. The van der Waals surface area contributed by atoms with Gasteiger partial charge in [0.25, 0.3) is 5.91 Å². The maximum absolute atomic E-state index is 12.9. The summed E-state index contributed by atoms with van der Waals surface area (Å²) in [6, 6.07) is 12.1. The van der Waals surface area contributed by atoms with Gasteiger partial charge in [0.05, 0.1) is 11.1 Å². The van der Waals surface area contributed by atoms with Crippen LogP contribution >= 0.6 is 11.3 Å². The van der Waals surface area contributed by atoms with Gasteiger partial charge in [-0.25, -0.2) is 4.98 Å². The molecule has 4 rings (SSSR count). The molecule has 0 aliphatic rings.